The van der Waals surface area contributed by atoms with Gasteiger partial charge in [0, 0.05) is 32.1 Å². The van der Waals surface area contributed by atoms with Crippen molar-refractivity contribution in [2.75, 3.05) is 52.4 Å². The number of methoxy groups -OCH3 is 3. The molecule has 44 heavy (non-hydrogen) atoms. The van der Waals surface area contributed by atoms with Crippen molar-refractivity contribution < 1.29 is 36.6 Å². The Morgan fingerprint density at radius 3 is 2.20 bits per heavy atom. The minimum atomic E-state index is -4.46. The first-order chi connectivity index (χ1) is 21.2. The number of ether oxygens (including phenoxy) is 3. The van der Waals surface area contributed by atoms with Crippen molar-refractivity contribution in [2.45, 2.75) is 43.8 Å². The van der Waals surface area contributed by atoms with E-state index in [-0.39, 0.29) is 47.0 Å². The SMILES string of the molecule is COc1nc(OC)nc(N2CCC(c3nc(C(=O)N4CCC(n5nnc6cc(C(F)(F)F)ccc65)CC4)c(OC)o3)CC2)n1. The van der Waals surface area contributed by atoms with Gasteiger partial charge < -0.3 is 28.4 Å². The first-order valence-electron chi connectivity index (χ1n) is 14.0. The molecule has 0 spiro atoms. The maximum atomic E-state index is 13.5. The zero-order valence-corrected chi connectivity index (χ0v) is 24.2. The zero-order valence-electron chi connectivity index (χ0n) is 24.2. The van der Waals surface area contributed by atoms with Crippen LogP contribution in [0.2, 0.25) is 0 Å². The number of likely N-dealkylation sites (tertiary alicyclic amines) is 1. The van der Waals surface area contributed by atoms with Gasteiger partial charge in [-0.15, -0.1) is 10.1 Å². The number of nitrogens with zero attached hydrogens (tertiary/aromatic N) is 9. The number of rotatable bonds is 7. The van der Waals surface area contributed by atoms with Crippen LogP contribution >= 0.6 is 0 Å². The molecule has 0 atom stereocenters. The third-order valence-corrected chi connectivity index (χ3v) is 7.97. The second-order valence-electron chi connectivity index (χ2n) is 10.5. The fraction of sp³-hybridized carbons (Fsp3) is 0.519. The molecule has 1 amide bonds. The summed E-state index contributed by atoms with van der Waals surface area (Å²) < 4.78 is 62.5. The van der Waals surface area contributed by atoms with Crippen LogP contribution in [0.1, 0.15) is 59.6 Å². The molecule has 14 nitrogen and oxygen atoms in total. The van der Waals surface area contributed by atoms with Crippen molar-refractivity contribution in [1.82, 2.24) is 39.8 Å². The standard InChI is InChI=1S/C27H30F3N9O5/c1-41-23-20(31-21(44-23)15-6-10-38(11-7-15)24-32-25(42-2)34-26(33-24)43-3)22(40)37-12-8-17(9-13-37)39-19-5-4-16(27(28,29)30)14-18(19)35-36-39/h4-5,14-15,17H,6-13H2,1-3H3. The van der Waals surface area contributed by atoms with Crippen molar-refractivity contribution >= 4 is 22.9 Å². The van der Waals surface area contributed by atoms with Gasteiger partial charge in [0.15, 0.2) is 0 Å². The number of hydrogen-bond acceptors (Lipinski definition) is 12. The molecule has 0 bridgehead atoms. The lowest BCUT2D eigenvalue weighted by Crippen LogP contribution is -2.39. The zero-order chi connectivity index (χ0) is 31.0. The van der Waals surface area contributed by atoms with Crippen LogP contribution in [-0.4, -0.2) is 93.2 Å². The first-order valence-corrected chi connectivity index (χ1v) is 14.0. The molecule has 17 heteroatoms. The smallest absolute Gasteiger partial charge is 0.416 e. The highest BCUT2D eigenvalue weighted by molar-refractivity contribution is 5.94. The number of fused-ring (bicyclic) bond motifs is 1. The minimum absolute atomic E-state index is 0.0449. The number of carbonyl (C=O) groups excluding carboxylic acids is 1. The Kier molecular flexibility index (Phi) is 7.85. The molecule has 0 N–H and O–H groups in total. The van der Waals surface area contributed by atoms with Crippen molar-refractivity contribution in [3.8, 4) is 18.0 Å². The van der Waals surface area contributed by atoms with Gasteiger partial charge >= 0.3 is 24.1 Å². The largest absolute Gasteiger partial charge is 0.467 e. The van der Waals surface area contributed by atoms with E-state index >= 15 is 0 Å². The van der Waals surface area contributed by atoms with Gasteiger partial charge in [0.1, 0.15) is 5.52 Å². The van der Waals surface area contributed by atoms with Gasteiger partial charge in [0.25, 0.3) is 5.91 Å². The summed E-state index contributed by atoms with van der Waals surface area (Å²) in [5, 5.41) is 8.06. The normalized spacial score (nSPS) is 16.9. The number of aromatic nitrogens is 7. The number of amides is 1. The Balaban J connectivity index is 1.10. The lowest BCUT2D eigenvalue weighted by Gasteiger charge is -2.31. The van der Waals surface area contributed by atoms with E-state index in [2.05, 4.69) is 30.2 Å². The lowest BCUT2D eigenvalue weighted by atomic mass is 9.97. The van der Waals surface area contributed by atoms with Crippen LogP contribution < -0.4 is 19.1 Å². The summed E-state index contributed by atoms with van der Waals surface area (Å²) in [6, 6.07) is 3.61. The van der Waals surface area contributed by atoms with E-state index in [1.165, 1.54) is 27.4 Å². The summed E-state index contributed by atoms with van der Waals surface area (Å²) in [6.07, 6.45) is -2.02. The average Bonchev–Trinajstić information content (AvgIpc) is 3.68. The molecule has 6 rings (SSSR count). The molecule has 0 aliphatic carbocycles. The van der Waals surface area contributed by atoms with E-state index < -0.39 is 11.7 Å². The van der Waals surface area contributed by atoms with Gasteiger partial charge in [-0.3, -0.25) is 4.79 Å². The van der Waals surface area contributed by atoms with E-state index in [1.54, 1.807) is 9.58 Å². The highest BCUT2D eigenvalue weighted by Crippen LogP contribution is 2.35. The molecule has 1 aromatic carbocycles. The monoisotopic (exact) mass is 617 g/mol. The molecule has 0 saturated carbocycles. The Morgan fingerprint density at radius 1 is 0.909 bits per heavy atom. The molecule has 234 valence electrons. The number of piperidine rings is 2. The molecule has 3 aromatic heterocycles. The van der Waals surface area contributed by atoms with Crippen LogP contribution in [0.3, 0.4) is 0 Å². The average molecular weight is 618 g/mol. The van der Waals surface area contributed by atoms with E-state index in [0.717, 1.165) is 12.1 Å². The lowest BCUT2D eigenvalue weighted by molar-refractivity contribution is -0.137. The third-order valence-electron chi connectivity index (χ3n) is 7.97. The van der Waals surface area contributed by atoms with Gasteiger partial charge in [-0.05, 0) is 43.9 Å². The topological polar surface area (TPSA) is 147 Å². The number of oxazole rings is 1. The van der Waals surface area contributed by atoms with Crippen LogP contribution in [0.15, 0.2) is 22.6 Å². The number of halogens is 3. The van der Waals surface area contributed by atoms with Gasteiger partial charge in [-0.25, -0.2) is 9.67 Å². The van der Waals surface area contributed by atoms with Crippen LogP contribution in [0.4, 0.5) is 19.1 Å². The van der Waals surface area contributed by atoms with Gasteiger partial charge in [0.2, 0.25) is 17.5 Å². The molecule has 2 saturated heterocycles. The van der Waals surface area contributed by atoms with Crippen molar-refractivity contribution in [1.29, 1.82) is 0 Å². The van der Waals surface area contributed by atoms with Crippen LogP contribution in [0, 0.1) is 0 Å². The van der Waals surface area contributed by atoms with Gasteiger partial charge in [-0.2, -0.15) is 23.1 Å². The Labute approximate surface area is 249 Å². The van der Waals surface area contributed by atoms with Gasteiger partial charge in [-0.1, -0.05) is 5.21 Å². The summed E-state index contributed by atoms with van der Waals surface area (Å²) in [5.74, 6) is 0.579. The summed E-state index contributed by atoms with van der Waals surface area (Å²) in [6.45, 7) is 2.01. The molecule has 0 unspecified atom stereocenters. The molecule has 2 aliphatic heterocycles. The molecule has 5 heterocycles. The predicted molar refractivity (Wildman–Crippen MR) is 147 cm³/mol. The summed E-state index contributed by atoms with van der Waals surface area (Å²) in [4.78, 5) is 34.4. The van der Waals surface area contributed by atoms with Crippen LogP contribution in [0.25, 0.3) is 11.0 Å². The maximum Gasteiger partial charge on any atom is 0.416 e. The molecule has 0 radical (unpaired) electrons. The first kappa shape index (κ1) is 29.4. The fourth-order valence-corrected chi connectivity index (χ4v) is 5.60. The van der Waals surface area contributed by atoms with E-state index in [4.69, 9.17) is 18.6 Å². The molecule has 2 aliphatic rings. The second-order valence-corrected chi connectivity index (χ2v) is 10.5. The third kappa shape index (κ3) is 5.65. The molecular formula is C27H30F3N9O5. The fourth-order valence-electron chi connectivity index (χ4n) is 5.60. The summed E-state index contributed by atoms with van der Waals surface area (Å²) in [7, 11) is 4.37. The highest BCUT2D eigenvalue weighted by Gasteiger charge is 2.34. The molecule has 4 aromatic rings. The van der Waals surface area contributed by atoms with E-state index in [1.807, 2.05) is 4.90 Å². The predicted octanol–water partition coefficient (Wildman–Crippen LogP) is 3.51. The Bertz CT molecular complexity index is 1620. The van der Waals surface area contributed by atoms with Crippen molar-refractivity contribution in [3.63, 3.8) is 0 Å². The number of anilines is 1. The number of hydrogen-bond donors (Lipinski definition) is 0. The van der Waals surface area contributed by atoms with E-state index in [9.17, 15) is 18.0 Å². The molecular weight excluding hydrogens is 587 g/mol. The minimum Gasteiger partial charge on any atom is -0.467 e. The Hall–Kier alpha value is -4.70. The number of alkyl halides is 3. The summed E-state index contributed by atoms with van der Waals surface area (Å²) >= 11 is 0. The second kappa shape index (κ2) is 11.8. The Morgan fingerprint density at radius 2 is 1.59 bits per heavy atom. The van der Waals surface area contributed by atoms with Crippen LogP contribution in [-0.2, 0) is 6.18 Å². The van der Waals surface area contributed by atoms with Gasteiger partial charge in [0.05, 0.1) is 38.5 Å². The highest BCUT2D eigenvalue weighted by atomic mass is 19.4. The number of carbonyl (C=O) groups is 1. The number of benzene rings is 1. The van der Waals surface area contributed by atoms with Crippen LogP contribution in [0.5, 0.6) is 18.0 Å². The maximum absolute atomic E-state index is 13.5. The summed E-state index contributed by atoms with van der Waals surface area (Å²) in [5.41, 5.74) is 0.0384. The van der Waals surface area contributed by atoms with Crippen molar-refractivity contribution in [2.24, 2.45) is 0 Å². The van der Waals surface area contributed by atoms with E-state index in [0.29, 0.717) is 69.2 Å². The van der Waals surface area contributed by atoms with Crippen molar-refractivity contribution in [3.05, 3.63) is 35.3 Å². The molecule has 2 fully saturated rings. The quantitative estimate of drug-likeness (QED) is 0.299.